The van der Waals surface area contributed by atoms with Crippen LogP contribution in [-0.2, 0) is 0 Å². The number of hydrogen-bond acceptors (Lipinski definition) is 6. The zero-order chi connectivity index (χ0) is 16.2. The predicted molar refractivity (Wildman–Crippen MR) is 92.6 cm³/mol. The van der Waals surface area contributed by atoms with Crippen LogP contribution >= 0.6 is 22.7 Å². The Bertz CT molecular complexity index is 910. The van der Waals surface area contributed by atoms with Crippen molar-refractivity contribution in [1.29, 1.82) is 0 Å². The normalized spacial score (nSPS) is 11.0. The van der Waals surface area contributed by atoms with Gasteiger partial charge in [-0.05, 0) is 23.6 Å². The van der Waals surface area contributed by atoms with Gasteiger partial charge in [0.05, 0.1) is 10.6 Å². The van der Waals surface area contributed by atoms with Gasteiger partial charge in [0.25, 0.3) is 11.5 Å². The fraction of sp³-hybridized carbons (Fsp3) is 0.0667. The van der Waals surface area contributed by atoms with Crippen molar-refractivity contribution in [2.24, 2.45) is 0 Å². The first kappa shape index (κ1) is 15.3. The molecule has 0 atom stereocenters. The highest BCUT2D eigenvalue weighted by atomic mass is 32.1. The van der Waals surface area contributed by atoms with Crippen LogP contribution in [0.4, 0.5) is 0 Å². The maximum absolute atomic E-state index is 11.8. The van der Waals surface area contributed by atoms with E-state index in [0.717, 1.165) is 15.6 Å². The minimum atomic E-state index is -0.475. The minimum absolute atomic E-state index is 0.0155. The van der Waals surface area contributed by atoms with E-state index in [9.17, 15) is 9.59 Å². The summed E-state index contributed by atoms with van der Waals surface area (Å²) in [5, 5.41) is 7.29. The summed E-state index contributed by atoms with van der Waals surface area (Å²) in [7, 11) is 1.46. The van der Waals surface area contributed by atoms with Crippen LogP contribution in [0.3, 0.4) is 0 Å². The molecule has 23 heavy (non-hydrogen) atoms. The standard InChI is InChI=1S/C15H12N4O2S2/c1-16-13(20)10-7-17-12(19-14(10)21)5-4-9-8-23-15(18-9)11-3-2-6-22-11/h2-8H,1H3,(H,16,20)(H,17,19,21)/b5-4-. The molecule has 3 aromatic rings. The van der Waals surface area contributed by atoms with E-state index >= 15 is 0 Å². The van der Waals surface area contributed by atoms with Gasteiger partial charge in [0.2, 0.25) is 0 Å². The largest absolute Gasteiger partial charge is 0.355 e. The van der Waals surface area contributed by atoms with Crippen LogP contribution in [0.1, 0.15) is 21.9 Å². The molecule has 0 aliphatic heterocycles. The van der Waals surface area contributed by atoms with Crippen LogP contribution in [0, 0.1) is 0 Å². The summed E-state index contributed by atoms with van der Waals surface area (Å²) in [5.41, 5.74) is 0.297. The van der Waals surface area contributed by atoms with E-state index in [1.807, 2.05) is 22.9 Å². The van der Waals surface area contributed by atoms with Gasteiger partial charge in [0, 0.05) is 18.6 Å². The second-order valence-corrected chi connectivity index (χ2v) is 6.28. The Balaban J connectivity index is 1.79. The lowest BCUT2D eigenvalue weighted by atomic mass is 10.3. The van der Waals surface area contributed by atoms with Gasteiger partial charge in [0.15, 0.2) is 0 Å². The van der Waals surface area contributed by atoms with Gasteiger partial charge in [-0.2, -0.15) is 0 Å². The zero-order valence-corrected chi connectivity index (χ0v) is 13.7. The number of aromatic nitrogens is 3. The Morgan fingerprint density at radius 1 is 1.35 bits per heavy atom. The van der Waals surface area contributed by atoms with Crippen molar-refractivity contribution in [2.75, 3.05) is 7.05 Å². The van der Waals surface area contributed by atoms with E-state index in [1.54, 1.807) is 34.8 Å². The number of nitrogens with one attached hydrogen (secondary N) is 2. The van der Waals surface area contributed by atoms with Crippen LogP contribution in [0.5, 0.6) is 0 Å². The van der Waals surface area contributed by atoms with Crippen molar-refractivity contribution in [2.45, 2.75) is 0 Å². The molecular weight excluding hydrogens is 332 g/mol. The molecule has 0 spiro atoms. The summed E-state index contributed by atoms with van der Waals surface area (Å²) < 4.78 is 0. The van der Waals surface area contributed by atoms with Gasteiger partial charge in [-0.15, -0.1) is 22.7 Å². The van der Waals surface area contributed by atoms with Crippen molar-refractivity contribution >= 4 is 40.7 Å². The van der Waals surface area contributed by atoms with Crippen molar-refractivity contribution < 1.29 is 4.79 Å². The fourth-order valence-corrected chi connectivity index (χ4v) is 3.43. The molecular formula is C15H12N4O2S2. The number of rotatable bonds is 4. The lowest BCUT2D eigenvalue weighted by molar-refractivity contribution is 0.0961. The highest BCUT2D eigenvalue weighted by molar-refractivity contribution is 7.20. The second-order valence-electron chi connectivity index (χ2n) is 4.48. The Hall–Kier alpha value is -2.58. The summed E-state index contributed by atoms with van der Waals surface area (Å²) in [6.45, 7) is 0. The highest BCUT2D eigenvalue weighted by Gasteiger charge is 2.09. The third kappa shape index (κ3) is 3.43. The number of aromatic amines is 1. The number of thiazole rings is 1. The maximum atomic E-state index is 11.8. The lowest BCUT2D eigenvalue weighted by Gasteiger charge is -1.98. The van der Waals surface area contributed by atoms with Crippen molar-refractivity contribution in [3.63, 3.8) is 0 Å². The SMILES string of the molecule is CNC(=O)c1cnc(/C=C\c2csc(-c3cccs3)n2)[nH]c1=O. The minimum Gasteiger partial charge on any atom is -0.355 e. The Morgan fingerprint density at radius 3 is 2.91 bits per heavy atom. The first-order valence-electron chi connectivity index (χ1n) is 6.66. The maximum Gasteiger partial charge on any atom is 0.263 e. The van der Waals surface area contributed by atoms with Gasteiger partial charge in [-0.3, -0.25) is 9.59 Å². The second kappa shape index (κ2) is 6.67. The molecule has 0 saturated heterocycles. The molecule has 0 bridgehead atoms. The van der Waals surface area contributed by atoms with Crippen LogP contribution < -0.4 is 10.9 Å². The van der Waals surface area contributed by atoms with Gasteiger partial charge < -0.3 is 10.3 Å². The van der Waals surface area contributed by atoms with Gasteiger partial charge in [-0.1, -0.05) is 6.07 Å². The molecule has 116 valence electrons. The molecule has 2 N–H and O–H groups in total. The molecule has 6 nitrogen and oxygen atoms in total. The molecule has 0 unspecified atom stereocenters. The molecule has 8 heteroatoms. The Morgan fingerprint density at radius 2 is 2.22 bits per heavy atom. The molecule has 0 fully saturated rings. The van der Waals surface area contributed by atoms with E-state index in [1.165, 1.54) is 13.2 Å². The van der Waals surface area contributed by atoms with Gasteiger partial charge >= 0.3 is 0 Å². The number of carbonyl (C=O) groups is 1. The molecule has 1 amide bonds. The van der Waals surface area contributed by atoms with Crippen LogP contribution in [-0.4, -0.2) is 27.9 Å². The molecule has 0 aromatic carbocycles. The quantitative estimate of drug-likeness (QED) is 0.761. The fourth-order valence-electron chi connectivity index (χ4n) is 1.83. The van der Waals surface area contributed by atoms with E-state index in [0.29, 0.717) is 5.82 Å². The van der Waals surface area contributed by atoms with Gasteiger partial charge in [-0.25, -0.2) is 9.97 Å². The molecule has 0 saturated carbocycles. The van der Waals surface area contributed by atoms with E-state index in [4.69, 9.17) is 0 Å². The molecule has 0 aliphatic carbocycles. The van der Waals surface area contributed by atoms with Crippen molar-refractivity contribution in [1.82, 2.24) is 20.3 Å². The van der Waals surface area contributed by atoms with Gasteiger partial charge in [0.1, 0.15) is 16.4 Å². The third-order valence-corrected chi connectivity index (χ3v) is 4.86. The number of hydrogen-bond donors (Lipinski definition) is 2. The molecule has 3 rings (SSSR count). The van der Waals surface area contributed by atoms with E-state index in [-0.39, 0.29) is 5.56 Å². The van der Waals surface area contributed by atoms with Crippen LogP contribution in [0.2, 0.25) is 0 Å². The zero-order valence-electron chi connectivity index (χ0n) is 12.1. The number of nitrogens with zero attached hydrogens (tertiary/aromatic N) is 2. The molecule has 0 radical (unpaired) electrons. The summed E-state index contributed by atoms with van der Waals surface area (Å²) in [5.74, 6) is -0.0947. The molecule has 3 heterocycles. The number of thiophene rings is 1. The van der Waals surface area contributed by atoms with Crippen LogP contribution in [0.15, 0.2) is 33.9 Å². The smallest absolute Gasteiger partial charge is 0.263 e. The summed E-state index contributed by atoms with van der Waals surface area (Å²) in [4.78, 5) is 35.5. The average molecular weight is 344 g/mol. The van der Waals surface area contributed by atoms with Crippen molar-refractivity contribution in [3.05, 3.63) is 56.5 Å². The first-order valence-corrected chi connectivity index (χ1v) is 8.42. The lowest BCUT2D eigenvalue weighted by Crippen LogP contribution is -2.27. The number of carbonyl (C=O) groups excluding carboxylic acids is 1. The Labute approximate surface area is 139 Å². The molecule has 3 aromatic heterocycles. The summed E-state index contributed by atoms with van der Waals surface area (Å²) in [6, 6.07) is 4.01. The number of H-pyrrole nitrogens is 1. The monoisotopic (exact) mass is 344 g/mol. The number of amides is 1. The van der Waals surface area contributed by atoms with E-state index in [2.05, 4.69) is 20.3 Å². The predicted octanol–water partition coefficient (Wildman–Crippen LogP) is 2.48. The van der Waals surface area contributed by atoms with Crippen LogP contribution in [0.25, 0.3) is 22.0 Å². The summed E-state index contributed by atoms with van der Waals surface area (Å²) >= 11 is 3.20. The molecule has 0 aliphatic rings. The van der Waals surface area contributed by atoms with E-state index < -0.39 is 11.5 Å². The Kier molecular flexibility index (Phi) is 4.45. The average Bonchev–Trinajstić information content (AvgIpc) is 3.23. The first-order chi connectivity index (χ1) is 11.2. The topological polar surface area (TPSA) is 87.7 Å². The highest BCUT2D eigenvalue weighted by Crippen LogP contribution is 2.28. The van der Waals surface area contributed by atoms with Crippen molar-refractivity contribution in [3.8, 4) is 9.88 Å². The summed E-state index contributed by atoms with van der Waals surface area (Å²) in [6.07, 6.45) is 4.68. The third-order valence-electron chi connectivity index (χ3n) is 2.96.